The lowest BCUT2D eigenvalue weighted by molar-refractivity contribution is 0.549. The van der Waals surface area contributed by atoms with Crippen molar-refractivity contribution in [3.05, 3.63) is 23.8 Å². The van der Waals surface area contributed by atoms with Crippen molar-refractivity contribution in [3.8, 4) is 0 Å². The van der Waals surface area contributed by atoms with Gasteiger partial charge in [0, 0.05) is 0 Å². The number of benzene rings is 1. The third-order valence-electron chi connectivity index (χ3n) is 1.59. The number of rotatable bonds is 2. The Hall–Kier alpha value is -1.02. The third-order valence-corrected chi connectivity index (χ3v) is 3.19. The first kappa shape index (κ1) is 12.1. The van der Waals surface area contributed by atoms with E-state index < -0.39 is 30.2 Å². The SMILES string of the molecule is Cc1cc(S(=O)(=O)F)cc(S(=O)(=O)F)c1. The van der Waals surface area contributed by atoms with Gasteiger partial charge in [-0.05, 0) is 30.7 Å². The molecular weight excluding hydrogens is 250 g/mol. The molecule has 0 fully saturated rings. The molecule has 0 unspecified atom stereocenters. The third kappa shape index (κ3) is 2.96. The summed E-state index contributed by atoms with van der Waals surface area (Å²) < 4.78 is 67.0. The Balaban J connectivity index is 3.57. The molecule has 0 saturated carbocycles. The van der Waals surface area contributed by atoms with E-state index in [1.54, 1.807) is 0 Å². The van der Waals surface area contributed by atoms with Crippen molar-refractivity contribution in [2.24, 2.45) is 0 Å². The molecule has 0 amide bonds. The maximum Gasteiger partial charge on any atom is 0.332 e. The van der Waals surface area contributed by atoms with E-state index in [1.165, 1.54) is 6.92 Å². The van der Waals surface area contributed by atoms with Crippen molar-refractivity contribution in [1.82, 2.24) is 0 Å². The van der Waals surface area contributed by atoms with Gasteiger partial charge in [0.1, 0.15) is 9.79 Å². The Labute approximate surface area is 86.0 Å². The van der Waals surface area contributed by atoms with Gasteiger partial charge in [0.25, 0.3) is 0 Å². The molecule has 1 rings (SSSR count). The lowest BCUT2D eigenvalue weighted by Gasteiger charge is -2.00. The minimum atomic E-state index is -5.04. The molecule has 0 aliphatic carbocycles. The van der Waals surface area contributed by atoms with Crippen molar-refractivity contribution >= 4 is 20.4 Å². The second-order valence-corrected chi connectivity index (χ2v) is 5.55. The van der Waals surface area contributed by atoms with E-state index in [9.17, 15) is 24.6 Å². The Morgan fingerprint density at radius 2 is 1.20 bits per heavy atom. The number of aryl methyl sites for hydroxylation is 1. The van der Waals surface area contributed by atoms with E-state index in [0.717, 1.165) is 12.1 Å². The van der Waals surface area contributed by atoms with Gasteiger partial charge in [0.15, 0.2) is 0 Å². The van der Waals surface area contributed by atoms with Gasteiger partial charge in [-0.15, -0.1) is 7.77 Å². The zero-order valence-corrected chi connectivity index (χ0v) is 9.07. The number of hydrogen-bond donors (Lipinski definition) is 0. The van der Waals surface area contributed by atoms with Crippen molar-refractivity contribution in [2.45, 2.75) is 16.7 Å². The average Bonchev–Trinajstić information content (AvgIpc) is 1.99. The summed E-state index contributed by atoms with van der Waals surface area (Å²) in [6.45, 7) is 1.32. The summed E-state index contributed by atoms with van der Waals surface area (Å²) in [5, 5.41) is 0. The monoisotopic (exact) mass is 256 g/mol. The van der Waals surface area contributed by atoms with E-state index in [2.05, 4.69) is 0 Å². The van der Waals surface area contributed by atoms with E-state index in [4.69, 9.17) is 0 Å². The lowest BCUT2D eigenvalue weighted by Crippen LogP contribution is -1.98. The van der Waals surface area contributed by atoms with Crippen LogP contribution in [0.2, 0.25) is 0 Å². The average molecular weight is 256 g/mol. The fraction of sp³-hybridized carbons (Fsp3) is 0.143. The Morgan fingerprint density at radius 3 is 1.47 bits per heavy atom. The second kappa shape index (κ2) is 3.53. The molecule has 0 atom stereocenters. The molecule has 15 heavy (non-hydrogen) atoms. The van der Waals surface area contributed by atoms with Gasteiger partial charge in [-0.25, -0.2) is 0 Å². The van der Waals surface area contributed by atoms with Crippen LogP contribution in [-0.2, 0) is 20.4 Å². The summed E-state index contributed by atoms with van der Waals surface area (Å²) in [5.74, 6) is 0. The van der Waals surface area contributed by atoms with Gasteiger partial charge in [-0.1, -0.05) is 0 Å². The molecule has 0 saturated heterocycles. The molecule has 0 bridgehead atoms. The molecular formula is C7H6F2O4S2. The highest BCUT2D eigenvalue weighted by molar-refractivity contribution is 7.87. The Kier molecular flexibility index (Phi) is 2.83. The van der Waals surface area contributed by atoms with Crippen LogP contribution in [0, 0.1) is 6.92 Å². The molecule has 0 heterocycles. The maximum atomic E-state index is 12.5. The molecule has 0 aliphatic rings. The Morgan fingerprint density at radius 1 is 0.867 bits per heavy atom. The van der Waals surface area contributed by atoms with Crippen molar-refractivity contribution < 1.29 is 24.6 Å². The first-order chi connectivity index (χ1) is 6.60. The summed E-state index contributed by atoms with van der Waals surface area (Å²) in [6, 6.07) is 2.24. The predicted molar refractivity (Wildman–Crippen MR) is 47.8 cm³/mol. The zero-order chi connectivity index (χ0) is 11.9. The first-order valence-corrected chi connectivity index (χ1v) is 6.38. The van der Waals surface area contributed by atoms with Crippen LogP contribution in [0.25, 0.3) is 0 Å². The van der Waals surface area contributed by atoms with Crippen LogP contribution in [0.4, 0.5) is 7.77 Å². The number of halogens is 2. The predicted octanol–water partition coefficient (Wildman–Crippen LogP) is 1.31. The molecule has 8 heteroatoms. The summed E-state index contributed by atoms with van der Waals surface area (Å²) in [7, 11) is -10.1. The number of hydrogen-bond acceptors (Lipinski definition) is 4. The molecule has 0 aliphatic heterocycles. The minimum Gasteiger partial charge on any atom is -0.189 e. The van der Waals surface area contributed by atoms with Crippen LogP contribution in [0.15, 0.2) is 28.0 Å². The van der Waals surface area contributed by atoms with Crippen LogP contribution in [0.3, 0.4) is 0 Å². The Bertz CT molecular complexity index is 539. The molecule has 1 aromatic rings. The lowest BCUT2D eigenvalue weighted by atomic mass is 10.2. The largest absolute Gasteiger partial charge is 0.332 e. The minimum absolute atomic E-state index is 0.130. The fourth-order valence-electron chi connectivity index (χ4n) is 0.996. The molecule has 4 nitrogen and oxygen atoms in total. The molecule has 0 aromatic heterocycles. The highest BCUT2D eigenvalue weighted by Crippen LogP contribution is 2.21. The summed E-state index contributed by atoms with van der Waals surface area (Å²) in [5.41, 5.74) is 0.130. The molecule has 0 spiro atoms. The van der Waals surface area contributed by atoms with E-state index in [0.29, 0.717) is 6.07 Å². The van der Waals surface area contributed by atoms with Gasteiger partial charge < -0.3 is 0 Å². The van der Waals surface area contributed by atoms with Crippen LogP contribution in [0.1, 0.15) is 5.56 Å². The normalized spacial score (nSPS) is 12.7. The first-order valence-electron chi connectivity index (χ1n) is 3.62. The van der Waals surface area contributed by atoms with Gasteiger partial charge in [0.05, 0.1) is 0 Å². The van der Waals surface area contributed by atoms with Crippen LogP contribution in [-0.4, -0.2) is 16.8 Å². The smallest absolute Gasteiger partial charge is 0.189 e. The van der Waals surface area contributed by atoms with Gasteiger partial charge in [0.2, 0.25) is 0 Å². The quantitative estimate of drug-likeness (QED) is 0.748. The second-order valence-electron chi connectivity index (χ2n) is 2.86. The summed E-state index contributed by atoms with van der Waals surface area (Å²) in [6.07, 6.45) is 0. The molecule has 0 radical (unpaired) electrons. The molecule has 0 N–H and O–H groups in total. The zero-order valence-electron chi connectivity index (χ0n) is 7.44. The van der Waals surface area contributed by atoms with Gasteiger partial charge >= 0.3 is 20.4 Å². The van der Waals surface area contributed by atoms with Crippen molar-refractivity contribution in [3.63, 3.8) is 0 Å². The summed E-state index contributed by atoms with van der Waals surface area (Å²) in [4.78, 5) is -1.75. The van der Waals surface area contributed by atoms with Gasteiger partial charge in [-0.2, -0.15) is 16.8 Å². The maximum absolute atomic E-state index is 12.5. The molecule has 84 valence electrons. The topological polar surface area (TPSA) is 68.3 Å². The highest BCUT2D eigenvalue weighted by atomic mass is 32.3. The van der Waals surface area contributed by atoms with Crippen LogP contribution in [0.5, 0.6) is 0 Å². The van der Waals surface area contributed by atoms with Crippen LogP contribution < -0.4 is 0 Å². The van der Waals surface area contributed by atoms with Gasteiger partial charge in [-0.3, -0.25) is 0 Å². The fourth-order valence-corrected chi connectivity index (χ4v) is 2.26. The standard InChI is InChI=1S/C7H6F2O4S2/c1-5-2-6(14(8,10)11)4-7(3-5)15(9,12)13/h2-4H,1H3. The summed E-state index contributed by atoms with van der Waals surface area (Å²) >= 11 is 0. The van der Waals surface area contributed by atoms with E-state index in [1.807, 2.05) is 0 Å². The molecule has 1 aromatic carbocycles. The van der Waals surface area contributed by atoms with E-state index in [-0.39, 0.29) is 5.56 Å². The van der Waals surface area contributed by atoms with Crippen molar-refractivity contribution in [2.75, 3.05) is 0 Å². The van der Waals surface area contributed by atoms with E-state index >= 15 is 0 Å². The van der Waals surface area contributed by atoms with Crippen LogP contribution >= 0.6 is 0 Å². The van der Waals surface area contributed by atoms with Crippen molar-refractivity contribution in [1.29, 1.82) is 0 Å². The highest BCUT2D eigenvalue weighted by Gasteiger charge is 2.19.